The van der Waals surface area contributed by atoms with Crippen molar-refractivity contribution in [1.82, 2.24) is 5.32 Å². The van der Waals surface area contributed by atoms with Gasteiger partial charge < -0.3 is 15.2 Å². The van der Waals surface area contributed by atoms with E-state index in [1.807, 2.05) is 0 Å². The SMILES string of the molecule is CCCCCCCCCC(NCCOC)C(=O)O. The average molecular weight is 259 g/mol. The summed E-state index contributed by atoms with van der Waals surface area (Å²) < 4.78 is 4.90. The second-order valence-electron chi connectivity index (χ2n) is 4.75. The summed E-state index contributed by atoms with van der Waals surface area (Å²) in [4.78, 5) is 11.0. The van der Waals surface area contributed by atoms with E-state index in [2.05, 4.69) is 12.2 Å². The van der Waals surface area contributed by atoms with Crippen molar-refractivity contribution in [1.29, 1.82) is 0 Å². The molecule has 18 heavy (non-hydrogen) atoms. The lowest BCUT2D eigenvalue weighted by Gasteiger charge is -2.13. The Morgan fingerprint density at radius 1 is 1.17 bits per heavy atom. The number of aliphatic carboxylic acids is 1. The Kier molecular flexibility index (Phi) is 12.4. The first kappa shape index (κ1) is 17.4. The maximum absolute atomic E-state index is 11.0. The molecule has 0 saturated heterocycles. The number of unbranched alkanes of at least 4 members (excludes halogenated alkanes) is 6. The molecule has 4 nitrogen and oxygen atoms in total. The summed E-state index contributed by atoms with van der Waals surface area (Å²) in [5.41, 5.74) is 0. The number of methoxy groups -OCH3 is 1. The Morgan fingerprint density at radius 3 is 2.33 bits per heavy atom. The van der Waals surface area contributed by atoms with Gasteiger partial charge in [0.2, 0.25) is 0 Å². The molecular weight excluding hydrogens is 230 g/mol. The quantitative estimate of drug-likeness (QED) is 0.499. The van der Waals surface area contributed by atoms with Crippen LogP contribution in [0.1, 0.15) is 58.3 Å². The summed E-state index contributed by atoms with van der Waals surface area (Å²) in [6, 6.07) is -0.421. The van der Waals surface area contributed by atoms with Crippen molar-refractivity contribution in [3.05, 3.63) is 0 Å². The van der Waals surface area contributed by atoms with Gasteiger partial charge in [-0.15, -0.1) is 0 Å². The second-order valence-corrected chi connectivity index (χ2v) is 4.75. The van der Waals surface area contributed by atoms with Crippen molar-refractivity contribution in [3.63, 3.8) is 0 Å². The molecular formula is C14H29NO3. The third-order valence-electron chi connectivity index (χ3n) is 3.09. The van der Waals surface area contributed by atoms with Crippen molar-refractivity contribution in [2.45, 2.75) is 64.3 Å². The molecule has 0 aromatic carbocycles. The summed E-state index contributed by atoms with van der Waals surface area (Å²) >= 11 is 0. The van der Waals surface area contributed by atoms with Crippen LogP contribution in [0.25, 0.3) is 0 Å². The normalized spacial score (nSPS) is 12.6. The second kappa shape index (κ2) is 12.8. The molecule has 0 radical (unpaired) electrons. The molecule has 2 N–H and O–H groups in total. The minimum absolute atomic E-state index is 0.421. The predicted octanol–water partition coefficient (Wildman–Crippen LogP) is 2.82. The van der Waals surface area contributed by atoms with Gasteiger partial charge in [-0.2, -0.15) is 0 Å². The Balaban J connectivity index is 3.49. The number of carbonyl (C=O) groups is 1. The van der Waals surface area contributed by atoms with Gasteiger partial charge in [0.15, 0.2) is 0 Å². The maximum Gasteiger partial charge on any atom is 0.320 e. The molecule has 0 aliphatic rings. The third kappa shape index (κ3) is 10.5. The van der Waals surface area contributed by atoms with Gasteiger partial charge >= 0.3 is 5.97 Å². The lowest BCUT2D eigenvalue weighted by Crippen LogP contribution is -2.38. The van der Waals surface area contributed by atoms with E-state index in [4.69, 9.17) is 9.84 Å². The van der Waals surface area contributed by atoms with E-state index >= 15 is 0 Å². The molecule has 108 valence electrons. The summed E-state index contributed by atoms with van der Waals surface area (Å²) in [5, 5.41) is 12.0. The number of nitrogens with one attached hydrogen (secondary N) is 1. The van der Waals surface area contributed by atoms with Gasteiger partial charge in [0.25, 0.3) is 0 Å². The molecule has 0 bridgehead atoms. The van der Waals surface area contributed by atoms with Crippen molar-refractivity contribution in [2.75, 3.05) is 20.3 Å². The largest absolute Gasteiger partial charge is 0.480 e. The molecule has 0 heterocycles. The topological polar surface area (TPSA) is 58.6 Å². The minimum atomic E-state index is -0.753. The molecule has 0 aromatic rings. The molecule has 0 spiro atoms. The minimum Gasteiger partial charge on any atom is -0.480 e. The number of ether oxygens (including phenoxy) is 1. The molecule has 0 saturated carbocycles. The van der Waals surface area contributed by atoms with E-state index in [9.17, 15) is 4.79 Å². The summed E-state index contributed by atoms with van der Waals surface area (Å²) in [7, 11) is 1.62. The van der Waals surface area contributed by atoms with Crippen LogP contribution in [-0.2, 0) is 9.53 Å². The van der Waals surface area contributed by atoms with Crippen LogP contribution in [0, 0.1) is 0 Å². The van der Waals surface area contributed by atoms with Gasteiger partial charge in [-0.05, 0) is 6.42 Å². The third-order valence-corrected chi connectivity index (χ3v) is 3.09. The van der Waals surface area contributed by atoms with Crippen LogP contribution in [0.3, 0.4) is 0 Å². The Labute approximate surface area is 111 Å². The highest BCUT2D eigenvalue weighted by molar-refractivity contribution is 5.73. The maximum atomic E-state index is 11.0. The van der Waals surface area contributed by atoms with E-state index in [1.54, 1.807) is 7.11 Å². The van der Waals surface area contributed by atoms with Crippen LogP contribution in [-0.4, -0.2) is 37.4 Å². The van der Waals surface area contributed by atoms with E-state index in [0.29, 0.717) is 19.6 Å². The highest BCUT2D eigenvalue weighted by atomic mass is 16.5. The Hall–Kier alpha value is -0.610. The van der Waals surface area contributed by atoms with E-state index < -0.39 is 12.0 Å². The summed E-state index contributed by atoms with van der Waals surface area (Å²) in [5.74, 6) is -0.753. The van der Waals surface area contributed by atoms with Crippen molar-refractivity contribution < 1.29 is 14.6 Å². The molecule has 1 unspecified atom stereocenters. The zero-order valence-electron chi connectivity index (χ0n) is 11.9. The van der Waals surface area contributed by atoms with Crippen LogP contribution in [0.2, 0.25) is 0 Å². The number of carboxylic acids is 1. The lowest BCUT2D eigenvalue weighted by atomic mass is 10.1. The van der Waals surface area contributed by atoms with Gasteiger partial charge in [-0.3, -0.25) is 4.79 Å². The van der Waals surface area contributed by atoms with Gasteiger partial charge in [-0.25, -0.2) is 0 Å². The van der Waals surface area contributed by atoms with Crippen molar-refractivity contribution in [2.24, 2.45) is 0 Å². The van der Waals surface area contributed by atoms with Gasteiger partial charge in [0.1, 0.15) is 6.04 Å². The molecule has 0 fully saturated rings. The zero-order valence-corrected chi connectivity index (χ0v) is 11.9. The molecule has 0 aliphatic heterocycles. The van der Waals surface area contributed by atoms with Crippen molar-refractivity contribution >= 4 is 5.97 Å². The summed E-state index contributed by atoms with van der Waals surface area (Å²) in [6.07, 6.45) is 9.24. The first-order chi connectivity index (χ1) is 8.72. The molecule has 0 aliphatic carbocycles. The molecule has 1 atom stereocenters. The fraction of sp³-hybridized carbons (Fsp3) is 0.929. The van der Waals surface area contributed by atoms with Gasteiger partial charge in [0, 0.05) is 13.7 Å². The lowest BCUT2D eigenvalue weighted by molar-refractivity contribution is -0.139. The van der Waals surface area contributed by atoms with Crippen LogP contribution < -0.4 is 5.32 Å². The number of hydrogen-bond acceptors (Lipinski definition) is 3. The van der Waals surface area contributed by atoms with Gasteiger partial charge in [-0.1, -0.05) is 51.9 Å². The van der Waals surface area contributed by atoms with Gasteiger partial charge in [0.05, 0.1) is 6.61 Å². The molecule has 0 rings (SSSR count). The van der Waals surface area contributed by atoms with E-state index in [1.165, 1.54) is 32.1 Å². The molecule has 0 amide bonds. The van der Waals surface area contributed by atoms with Crippen LogP contribution in [0.4, 0.5) is 0 Å². The van der Waals surface area contributed by atoms with Crippen LogP contribution >= 0.6 is 0 Å². The number of rotatable bonds is 13. The molecule has 4 heteroatoms. The van der Waals surface area contributed by atoms with Crippen LogP contribution in [0.5, 0.6) is 0 Å². The van der Waals surface area contributed by atoms with Crippen molar-refractivity contribution in [3.8, 4) is 0 Å². The Morgan fingerprint density at radius 2 is 1.78 bits per heavy atom. The standard InChI is InChI=1S/C14H29NO3/c1-3-4-5-6-7-8-9-10-13(14(16)17)15-11-12-18-2/h13,15H,3-12H2,1-2H3,(H,16,17). The molecule has 0 aromatic heterocycles. The highest BCUT2D eigenvalue weighted by Crippen LogP contribution is 2.09. The zero-order chi connectivity index (χ0) is 13.6. The summed E-state index contributed by atoms with van der Waals surface area (Å²) in [6.45, 7) is 3.37. The van der Waals surface area contributed by atoms with E-state index in [-0.39, 0.29) is 0 Å². The monoisotopic (exact) mass is 259 g/mol. The van der Waals surface area contributed by atoms with E-state index in [0.717, 1.165) is 12.8 Å². The number of carboxylic acid groups (broad SMARTS) is 1. The first-order valence-electron chi connectivity index (χ1n) is 7.17. The first-order valence-corrected chi connectivity index (χ1v) is 7.17. The fourth-order valence-corrected chi connectivity index (χ4v) is 1.95. The smallest absolute Gasteiger partial charge is 0.320 e. The fourth-order valence-electron chi connectivity index (χ4n) is 1.95. The predicted molar refractivity (Wildman–Crippen MR) is 73.9 cm³/mol. The highest BCUT2D eigenvalue weighted by Gasteiger charge is 2.15. The Bertz CT molecular complexity index is 197. The number of hydrogen-bond donors (Lipinski definition) is 2. The van der Waals surface area contributed by atoms with Crippen LogP contribution in [0.15, 0.2) is 0 Å². The average Bonchev–Trinajstić information content (AvgIpc) is 2.35.